The molecule has 1 aliphatic heterocycles. The standard InChI is InChI=1S/C31H34N6O2/c1-35-29-23(13-22(15-26(29)39-2)31(38)37-17-21-10-11-24(37)27(21)33)34-30(35)25-14-20-6-3-5-19(7-4-12-32)28(20)36(25)16-18-8-9-18/h3,5-6,13-15,18,21,24,27H,4,7-11,16-17,33H2,1-2H3/t21-,24-,27-/m1/s1. The van der Waals surface area contributed by atoms with Gasteiger partial charge >= 0.3 is 0 Å². The van der Waals surface area contributed by atoms with Crippen LogP contribution >= 0.6 is 0 Å². The van der Waals surface area contributed by atoms with E-state index in [1.165, 1.54) is 23.9 Å². The Morgan fingerprint density at radius 2 is 2.03 bits per heavy atom. The fourth-order valence-electron chi connectivity index (χ4n) is 6.99. The molecular formula is C31H34N6O2. The summed E-state index contributed by atoms with van der Waals surface area (Å²) < 4.78 is 10.3. The van der Waals surface area contributed by atoms with Gasteiger partial charge in [-0.25, -0.2) is 4.98 Å². The Labute approximate surface area is 227 Å². The van der Waals surface area contributed by atoms with Crippen LogP contribution in [0.15, 0.2) is 36.4 Å². The number of aryl methyl sites for hydroxylation is 2. The zero-order valence-corrected chi connectivity index (χ0v) is 22.6. The summed E-state index contributed by atoms with van der Waals surface area (Å²) in [5.74, 6) is 2.56. The first kappa shape index (κ1) is 24.2. The lowest BCUT2D eigenvalue weighted by Crippen LogP contribution is -2.41. The van der Waals surface area contributed by atoms with Crippen molar-refractivity contribution in [3.63, 3.8) is 0 Å². The van der Waals surface area contributed by atoms with Gasteiger partial charge in [0, 0.05) is 49.6 Å². The second kappa shape index (κ2) is 9.13. The molecule has 3 aliphatic rings. The molecule has 8 heteroatoms. The van der Waals surface area contributed by atoms with E-state index in [-0.39, 0.29) is 18.0 Å². The lowest BCUT2D eigenvalue weighted by molar-refractivity contribution is 0.0700. The van der Waals surface area contributed by atoms with E-state index in [1.807, 2.05) is 24.1 Å². The van der Waals surface area contributed by atoms with Crippen LogP contribution in [0.4, 0.5) is 0 Å². The van der Waals surface area contributed by atoms with Crippen LogP contribution < -0.4 is 10.5 Å². The Balaban J connectivity index is 1.35. The lowest BCUT2D eigenvalue weighted by Gasteiger charge is -2.27. The highest BCUT2D eigenvalue weighted by Gasteiger charge is 2.47. The number of hydrogen-bond acceptors (Lipinski definition) is 5. The Bertz CT molecular complexity index is 1660. The van der Waals surface area contributed by atoms with Crippen molar-refractivity contribution in [2.45, 2.75) is 57.2 Å². The number of ether oxygens (including phenoxy) is 1. The van der Waals surface area contributed by atoms with Crippen molar-refractivity contribution in [2.75, 3.05) is 13.7 Å². The van der Waals surface area contributed by atoms with Gasteiger partial charge in [0.2, 0.25) is 0 Å². The number of imidazole rings is 1. The van der Waals surface area contributed by atoms with E-state index in [1.54, 1.807) is 7.11 Å². The number of benzene rings is 2. The van der Waals surface area contributed by atoms with Gasteiger partial charge in [-0.3, -0.25) is 4.79 Å². The summed E-state index contributed by atoms with van der Waals surface area (Å²) in [7, 11) is 3.66. The number of hydrogen-bond donors (Lipinski definition) is 1. The fraction of sp³-hybridized carbons (Fsp3) is 0.452. The molecule has 2 aromatic heterocycles. The second-order valence-corrected chi connectivity index (χ2v) is 11.6. The normalized spacial score (nSPS) is 22.2. The number of nitrogens with zero attached hydrogens (tertiary/aromatic N) is 5. The van der Waals surface area contributed by atoms with E-state index in [0.29, 0.717) is 29.6 Å². The number of rotatable bonds is 7. The molecule has 4 aromatic rings. The number of fused-ring (bicyclic) bond motifs is 4. The van der Waals surface area contributed by atoms with Gasteiger partial charge in [-0.1, -0.05) is 18.2 Å². The molecule has 2 bridgehead atoms. The minimum absolute atomic E-state index is 0.00929. The van der Waals surface area contributed by atoms with Gasteiger partial charge in [-0.2, -0.15) is 5.26 Å². The summed E-state index contributed by atoms with van der Waals surface area (Å²) in [6, 6.07) is 14.8. The van der Waals surface area contributed by atoms with Crippen molar-refractivity contribution >= 4 is 27.8 Å². The zero-order valence-electron chi connectivity index (χ0n) is 22.6. The van der Waals surface area contributed by atoms with Gasteiger partial charge in [-0.15, -0.1) is 0 Å². The third kappa shape index (κ3) is 3.82. The minimum Gasteiger partial charge on any atom is -0.494 e. The predicted molar refractivity (Wildman–Crippen MR) is 150 cm³/mol. The molecular weight excluding hydrogens is 488 g/mol. The van der Waals surface area contributed by atoms with Gasteiger partial charge < -0.3 is 24.5 Å². The van der Waals surface area contributed by atoms with Crippen molar-refractivity contribution in [2.24, 2.45) is 24.6 Å². The molecule has 2 saturated carbocycles. The molecule has 0 spiro atoms. The van der Waals surface area contributed by atoms with E-state index in [4.69, 9.17) is 15.5 Å². The van der Waals surface area contributed by atoms with Gasteiger partial charge in [0.05, 0.1) is 29.9 Å². The summed E-state index contributed by atoms with van der Waals surface area (Å²) in [4.78, 5) is 20.7. The number of nitrogens with two attached hydrogens (primary N) is 1. The maximum atomic E-state index is 13.6. The van der Waals surface area contributed by atoms with Gasteiger partial charge in [0.15, 0.2) is 5.82 Å². The van der Waals surface area contributed by atoms with E-state index in [0.717, 1.165) is 60.3 Å². The molecule has 3 fully saturated rings. The monoisotopic (exact) mass is 522 g/mol. The molecule has 200 valence electrons. The van der Waals surface area contributed by atoms with Crippen LogP contribution in [0.2, 0.25) is 0 Å². The highest BCUT2D eigenvalue weighted by atomic mass is 16.5. The molecule has 0 radical (unpaired) electrons. The largest absolute Gasteiger partial charge is 0.494 e. The van der Waals surface area contributed by atoms with E-state index < -0.39 is 0 Å². The van der Waals surface area contributed by atoms with E-state index in [2.05, 4.69) is 39.5 Å². The van der Waals surface area contributed by atoms with Gasteiger partial charge in [0.1, 0.15) is 11.3 Å². The third-order valence-electron chi connectivity index (χ3n) is 9.19. The number of piperidine rings is 1. The summed E-state index contributed by atoms with van der Waals surface area (Å²) in [6.45, 7) is 1.66. The molecule has 1 amide bonds. The van der Waals surface area contributed by atoms with Crippen molar-refractivity contribution in [3.05, 3.63) is 47.5 Å². The number of para-hydroxylation sites is 1. The first-order valence-electron chi connectivity index (χ1n) is 14.1. The molecule has 2 aliphatic carbocycles. The lowest BCUT2D eigenvalue weighted by atomic mass is 10.1. The summed E-state index contributed by atoms with van der Waals surface area (Å²) in [6.07, 6.45) is 5.78. The van der Waals surface area contributed by atoms with Crippen molar-refractivity contribution in [3.8, 4) is 23.3 Å². The van der Waals surface area contributed by atoms with Crippen LogP contribution in [0.5, 0.6) is 5.75 Å². The third-order valence-corrected chi connectivity index (χ3v) is 9.19. The maximum absolute atomic E-state index is 13.6. The molecule has 39 heavy (non-hydrogen) atoms. The Kier molecular flexibility index (Phi) is 5.67. The summed E-state index contributed by atoms with van der Waals surface area (Å²) >= 11 is 0. The quantitative estimate of drug-likeness (QED) is 0.381. The molecule has 8 nitrogen and oxygen atoms in total. The van der Waals surface area contributed by atoms with E-state index in [9.17, 15) is 10.1 Å². The van der Waals surface area contributed by atoms with Crippen LogP contribution in [0, 0.1) is 23.2 Å². The smallest absolute Gasteiger partial charge is 0.254 e. The highest BCUT2D eigenvalue weighted by Crippen LogP contribution is 2.40. The van der Waals surface area contributed by atoms with Crippen LogP contribution in [0.1, 0.15) is 48.0 Å². The molecule has 3 heterocycles. The number of amides is 1. The number of carbonyl (C=O) groups excluding carboxylic acids is 1. The topological polar surface area (TPSA) is 102 Å². The van der Waals surface area contributed by atoms with Crippen molar-refractivity contribution in [1.29, 1.82) is 5.26 Å². The fourth-order valence-corrected chi connectivity index (χ4v) is 6.99. The van der Waals surface area contributed by atoms with Crippen LogP contribution in [0.3, 0.4) is 0 Å². The minimum atomic E-state index is 0.00929. The Morgan fingerprint density at radius 1 is 1.18 bits per heavy atom. The average molecular weight is 523 g/mol. The van der Waals surface area contributed by atoms with Gasteiger partial charge in [-0.05, 0) is 67.7 Å². The zero-order chi connectivity index (χ0) is 26.8. The van der Waals surface area contributed by atoms with Crippen molar-refractivity contribution in [1.82, 2.24) is 19.0 Å². The molecule has 3 atom stereocenters. The molecule has 2 N–H and O–H groups in total. The molecule has 0 unspecified atom stereocenters. The number of carbonyl (C=O) groups is 1. The average Bonchev–Trinajstić information content (AvgIpc) is 3.33. The molecule has 7 rings (SSSR count). The summed E-state index contributed by atoms with van der Waals surface area (Å²) in [5.41, 5.74) is 12.1. The SMILES string of the molecule is COc1cc(C(=O)N2C[C@H]3CC[C@@H]2[C@@H]3N)cc2nc(-c3cc4cccc(CCC#N)c4n3CC3CC3)n(C)c12. The van der Waals surface area contributed by atoms with Crippen molar-refractivity contribution < 1.29 is 9.53 Å². The predicted octanol–water partition coefficient (Wildman–Crippen LogP) is 4.63. The maximum Gasteiger partial charge on any atom is 0.254 e. The molecule has 1 saturated heterocycles. The van der Waals surface area contributed by atoms with Crippen LogP contribution in [-0.2, 0) is 20.0 Å². The highest BCUT2D eigenvalue weighted by molar-refractivity contribution is 6.00. The van der Waals surface area contributed by atoms with Gasteiger partial charge in [0.25, 0.3) is 5.91 Å². The van der Waals surface area contributed by atoms with Crippen LogP contribution in [-0.4, -0.2) is 50.7 Å². The number of nitriles is 1. The van der Waals surface area contributed by atoms with E-state index >= 15 is 0 Å². The number of methoxy groups -OCH3 is 1. The van der Waals surface area contributed by atoms with Crippen LogP contribution in [0.25, 0.3) is 33.5 Å². The number of likely N-dealkylation sites (tertiary alicyclic amines) is 1. The Hall–Kier alpha value is -3.83. The molecule has 2 aromatic carbocycles. The first-order valence-corrected chi connectivity index (χ1v) is 14.1. The Morgan fingerprint density at radius 3 is 2.72 bits per heavy atom. The number of aromatic nitrogens is 3. The summed E-state index contributed by atoms with van der Waals surface area (Å²) in [5, 5.41) is 10.4. The second-order valence-electron chi connectivity index (χ2n) is 11.6. The first-order chi connectivity index (χ1) is 19.0.